The molecule has 2 rings (SSSR count). The third-order valence-corrected chi connectivity index (χ3v) is 2.45. The monoisotopic (exact) mass is 252 g/mol. The molecule has 0 unspecified atom stereocenters. The summed E-state index contributed by atoms with van der Waals surface area (Å²) >= 11 is 3.41. The average molecular weight is 253 g/mol. The van der Waals surface area contributed by atoms with Gasteiger partial charge in [-0.1, -0.05) is 33.2 Å². The Hall–Kier alpha value is -1.29. The van der Waals surface area contributed by atoms with Gasteiger partial charge in [0.05, 0.1) is 0 Å². The highest BCUT2D eigenvalue weighted by atomic mass is 79.9. The number of benzene rings is 1. The molecule has 0 atom stereocenters. The summed E-state index contributed by atoms with van der Waals surface area (Å²) in [5, 5.41) is 3.63. The molecule has 0 radical (unpaired) electrons. The highest BCUT2D eigenvalue weighted by Crippen LogP contribution is 2.17. The number of hydrogen-bond donors (Lipinski definition) is 1. The van der Waals surface area contributed by atoms with Crippen molar-refractivity contribution in [1.82, 2.24) is 5.16 Å². The zero-order valence-electron chi connectivity index (χ0n) is 7.40. The Kier molecular flexibility index (Phi) is 2.54. The fourth-order valence-corrected chi connectivity index (χ4v) is 1.71. The molecule has 0 aliphatic heterocycles. The second-order valence-electron chi connectivity index (χ2n) is 3.03. The Bertz CT molecular complexity index is 439. The van der Waals surface area contributed by atoms with Gasteiger partial charge in [-0.3, -0.25) is 0 Å². The van der Waals surface area contributed by atoms with Crippen LogP contribution in [0.3, 0.4) is 0 Å². The first kappa shape index (κ1) is 9.27. The van der Waals surface area contributed by atoms with E-state index in [0.717, 1.165) is 16.5 Å². The van der Waals surface area contributed by atoms with Crippen molar-refractivity contribution in [3.8, 4) is 0 Å². The Morgan fingerprint density at radius 3 is 2.93 bits per heavy atom. The summed E-state index contributed by atoms with van der Waals surface area (Å²) in [7, 11) is 0. The van der Waals surface area contributed by atoms with Gasteiger partial charge in [-0.15, -0.1) is 0 Å². The lowest BCUT2D eigenvalue weighted by molar-refractivity contribution is 0.422. The zero-order chi connectivity index (χ0) is 9.97. The number of hydrogen-bond acceptors (Lipinski definition) is 3. The van der Waals surface area contributed by atoms with Gasteiger partial charge in [0, 0.05) is 16.5 Å². The van der Waals surface area contributed by atoms with E-state index in [4.69, 9.17) is 10.3 Å². The first-order valence-electron chi connectivity index (χ1n) is 4.19. The summed E-state index contributed by atoms with van der Waals surface area (Å²) in [5.74, 6) is 0.463. The minimum absolute atomic E-state index is 0.463. The van der Waals surface area contributed by atoms with Crippen molar-refractivity contribution in [3.05, 3.63) is 46.1 Å². The maximum atomic E-state index is 5.61. The summed E-state index contributed by atoms with van der Waals surface area (Å²) in [5.41, 5.74) is 7.70. The summed E-state index contributed by atoms with van der Waals surface area (Å²) in [6.45, 7) is 0. The minimum Gasteiger partial charge on any atom is -0.381 e. The first-order valence-corrected chi connectivity index (χ1v) is 4.98. The second kappa shape index (κ2) is 3.84. The fraction of sp³-hybridized carbons (Fsp3) is 0.100. The van der Waals surface area contributed by atoms with Gasteiger partial charge in [0.2, 0.25) is 0 Å². The zero-order valence-corrected chi connectivity index (χ0v) is 8.99. The van der Waals surface area contributed by atoms with Gasteiger partial charge in [0.1, 0.15) is 6.26 Å². The first-order chi connectivity index (χ1) is 6.75. The van der Waals surface area contributed by atoms with Gasteiger partial charge in [-0.25, -0.2) is 0 Å². The van der Waals surface area contributed by atoms with Crippen LogP contribution in [0.4, 0.5) is 5.82 Å². The van der Waals surface area contributed by atoms with Crippen molar-refractivity contribution in [2.24, 2.45) is 0 Å². The van der Waals surface area contributed by atoms with Crippen LogP contribution < -0.4 is 5.73 Å². The molecule has 3 nitrogen and oxygen atoms in total. The van der Waals surface area contributed by atoms with Crippen LogP contribution in [0.25, 0.3) is 0 Å². The number of nitrogens with zero attached hydrogens (tertiary/aromatic N) is 1. The van der Waals surface area contributed by atoms with E-state index in [0.29, 0.717) is 5.82 Å². The van der Waals surface area contributed by atoms with E-state index < -0.39 is 0 Å². The van der Waals surface area contributed by atoms with Crippen LogP contribution in [0.1, 0.15) is 11.1 Å². The molecule has 0 saturated heterocycles. The standard InChI is InChI=1S/C10H9BrN2O/c11-9-3-1-2-7(5-9)4-8-6-14-13-10(8)12/h1-3,5-6H,4H2,(H2,12,13). The minimum atomic E-state index is 0.463. The Balaban J connectivity index is 2.23. The molecule has 0 aliphatic rings. The Labute approximate surface area is 90.0 Å². The molecule has 0 bridgehead atoms. The maximum absolute atomic E-state index is 5.61. The number of nitrogen functional groups attached to an aromatic ring is 1. The van der Waals surface area contributed by atoms with Gasteiger partial charge < -0.3 is 10.3 Å². The van der Waals surface area contributed by atoms with Gasteiger partial charge in [0.25, 0.3) is 0 Å². The fourth-order valence-electron chi connectivity index (χ4n) is 1.26. The van der Waals surface area contributed by atoms with Gasteiger partial charge >= 0.3 is 0 Å². The average Bonchev–Trinajstić information content (AvgIpc) is 2.52. The van der Waals surface area contributed by atoms with E-state index in [1.165, 1.54) is 5.56 Å². The Morgan fingerprint density at radius 2 is 2.29 bits per heavy atom. The van der Waals surface area contributed by atoms with Crippen molar-refractivity contribution in [2.75, 3.05) is 5.73 Å². The van der Waals surface area contributed by atoms with Gasteiger partial charge in [-0.05, 0) is 17.7 Å². The second-order valence-corrected chi connectivity index (χ2v) is 3.95. The lowest BCUT2D eigenvalue weighted by atomic mass is 10.1. The van der Waals surface area contributed by atoms with E-state index in [1.807, 2.05) is 24.3 Å². The smallest absolute Gasteiger partial charge is 0.170 e. The van der Waals surface area contributed by atoms with Crippen LogP contribution in [-0.2, 0) is 6.42 Å². The summed E-state index contributed by atoms with van der Waals surface area (Å²) in [6, 6.07) is 8.06. The van der Waals surface area contributed by atoms with Crippen LogP contribution in [0.5, 0.6) is 0 Å². The number of rotatable bonds is 2. The molecule has 2 N–H and O–H groups in total. The summed E-state index contributed by atoms with van der Waals surface area (Å²) in [4.78, 5) is 0. The van der Waals surface area contributed by atoms with E-state index in [2.05, 4.69) is 21.1 Å². The van der Waals surface area contributed by atoms with Crippen molar-refractivity contribution >= 4 is 21.7 Å². The number of anilines is 1. The predicted molar refractivity (Wildman–Crippen MR) is 57.9 cm³/mol. The van der Waals surface area contributed by atoms with E-state index in [9.17, 15) is 0 Å². The summed E-state index contributed by atoms with van der Waals surface area (Å²) < 4.78 is 5.82. The molecule has 1 aromatic heterocycles. The number of halogens is 1. The molecule has 0 amide bonds. The van der Waals surface area contributed by atoms with Crippen LogP contribution in [-0.4, -0.2) is 5.16 Å². The number of aromatic nitrogens is 1. The van der Waals surface area contributed by atoms with E-state index in [1.54, 1.807) is 6.26 Å². The third kappa shape index (κ3) is 1.96. The highest BCUT2D eigenvalue weighted by molar-refractivity contribution is 9.10. The Morgan fingerprint density at radius 1 is 1.43 bits per heavy atom. The molecule has 72 valence electrons. The maximum Gasteiger partial charge on any atom is 0.170 e. The topological polar surface area (TPSA) is 52.0 Å². The van der Waals surface area contributed by atoms with E-state index in [-0.39, 0.29) is 0 Å². The molecule has 2 aromatic rings. The largest absolute Gasteiger partial charge is 0.381 e. The molecule has 0 aliphatic carbocycles. The lowest BCUT2D eigenvalue weighted by Gasteiger charge is -1.99. The highest BCUT2D eigenvalue weighted by Gasteiger charge is 2.04. The van der Waals surface area contributed by atoms with Crippen LogP contribution in [0, 0.1) is 0 Å². The van der Waals surface area contributed by atoms with Gasteiger partial charge in [-0.2, -0.15) is 0 Å². The molecule has 0 fully saturated rings. The van der Waals surface area contributed by atoms with Crippen molar-refractivity contribution in [1.29, 1.82) is 0 Å². The third-order valence-electron chi connectivity index (χ3n) is 1.96. The van der Waals surface area contributed by atoms with Crippen molar-refractivity contribution in [3.63, 3.8) is 0 Å². The lowest BCUT2D eigenvalue weighted by Crippen LogP contribution is -1.92. The SMILES string of the molecule is Nc1nocc1Cc1cccc(Br)c1. The molecule has 4 heteroatoms. The molecule has 0 saturated carbocycles. The quantitative estimate of drug-likeness (QED) is 0.894. The molecular weight excluding hydrogens is 244 g/mol. The molecule has 0 spiro atoms. The molecule has 14 heavy (non-hydrogen) atoms. The molecule has 1 heterocycles. The predicted octanol–water partition coefficient (Wildman–Crippen LogP) is 2.61. The van der Waals surface area contributed by atoms with E-state index >= 15 is 0 Å². The number of nitrogens with two attached hydrogens (primary N) is 1. The molecule has 1 aromatic carbocycles. The normalized spacial score (nSPS) is 10.4. The van der Waals surface area contributed by atoms with Crippen LogP contribution in [0.2, 0.25) is 0 Å². The van der Waals surface area contributed by atoms with Crippen molar-refractivity contribution in [2.45, 2.75) is 6.42 Å². The van der Waals surface area contributed by atoms with Crippen LogP contribution in [0.15, 0.2) is 39.5 Å². The molecular formula is C10H9BrN2O. The van der Waals surface area contributed by atoms with Crippen molar-refractivity contribution < 1.29 is 4.52 Å². The van der Waals surface area contributed by atoms with Gasteiger partial charge in [0.15, 0.2) is 5.82 Å². The summed E-state index contributed by atoms with van der Waals surface area (Å²) in [6.07, 6.45) is 2.32. The van der Waals surface area contributed by atoms with Crippen LogP contribution >= 0.6 is 15.9 Å².